The van der Waals surface area contributed by atoms with Gasteiger partial charge in [-0.2, -0.15) is 0 Å². The molecule has 1 aromatic rings. The van der Waals surface area contributed by atoms with Gasteiger partial charge in [-0.1, -0.05) is 52.4 Å². The molecule has 92 valence electrons. The molecule has 1 rings (SSSR count). The second-order valence-electron chi connectivity index (χ2n) is 6.55. The Kier molecular flexibility index (Phi) is 3.73. The van der Waals surface area contributed by atoms with Crippen molar-refractivity contribution >= 4 is 13.8 Å². The van der Waals surface area contributed by atoms with Gasteiger partial charge in [-0.15, -0.1) is 5.54 Å². The lowest BCUT2D eigenvalue weighted by atomic mass is 9.86. The molecular weight excluding hydrogens is 222 g/mol. The van der Waals surface area contributed by atoms with E-state index in [1.165, 1.54) is 5.56 Å². The summed E-state index contributed by atoms with van der Waals surface area (Å²) in [6.07, 6.45) is 0. The Morgan fingerprint density at radius 2 is 1.71 bits per heavy atom. The highest BCUT2D eigenvalue weighted by Crippen LogP contribution is 2.25. The minimum atomic E-state index is -1.34. The third kappa shape index (κ3) is 4.28. The lowest BCUT2D eigenvalue weighted by Crippen LogP contribution is -2.16. The number of anilines is 1. The van der Waals surface area contributed by atoms with Crippen molar-refractivity contribution in [3.8, 4) is 11.5 Å². The van der Waals surface area contributed by atoms with Crippen LogP contribution in [0.25, 0.3) is 0 Å². The van der Waals surface area contributed by atoms with E-state index in [0.717, 1.165) is 11.3 Å². The quantitative estimate of drug-likeness (QED) is 0.420. The normalized spacial score (nSPS) is 11.9. The van der Waals surface area contributed by atoms with Gasteiger partial charge in [-0.3, -0.25) is 0 Å². The predicted octanol–water partition coefficient (Wildman–Crippen LogP) is 3.80. The fourth-order valence-corrected chi connectivity index (χ4v) is 1.90. The van der Waals surface area contributed by atoms with Crippen molar-refractivity contribution in [3.63, 3.8) is 0 Å². The molecule has 0 bridgehead atoms. The van der Waals surface area contributed by atoms with E-state index < -0.39 is 8.07 Å². The van der Waals surface area contributed by atoms with Crippen molar-refractivity contribution in [2.75, 3.05) is 5.73 Å². The zero-order valence-electron chi connectivity index (χ0n) is 11.8. The van der Waals surface area contributed by atoms with E-state index in [1.54, 1.807) is 0 Å². The van der Waals surface area contributed by atoms with Gasteiger partial charge in [0.2, 0.25) is 0 Å². The summed E-state index contributed by atoms with van der Waals surface area (Å²) in [5.74, 6) is 3.25. The molecule has 0 fully saturated rings. The summed E-state index contributed by atoms with van der Waals surface area (Å²) in [5, 5.41) is 0. The summed E-state index contributed by atoms with van der Waals surface area (Å²) >= 11 is 0. The third-order valence-corrected chi connectivity index (χ3v) is 3.37. The molecule has 0 saturated heterocycles. The number of rotatable bonds is 0. The number of hydrogen-bond acceptors (Lipinski definition) is 1. The molecule has 17 heavy (non-hydrogen) atoms. The number of nitrogens with two attached hydrogens (primary N) is 1. The molecule has 1 aromatic carbocycles. The average Bonchev–Trinajstić information content (AvgIpc) is 2.13. The van der Waals surface area contributed by atoms with Crippen LogP contribution in [0.1, 0.15) is 31.9 Å². The van der Waals surface area contributed by atoms with Gasteiger partial charge in [0.15, 0.2) is 0 Å². The zero-order chi connectivity index (χ0) is 13.3. The van der Waals surface area contributed by atoms with E-state index in [0.29, 0.717) is 0 Å². The van der Waals surface area contributed by atoms with Crippen LogP contribution in [-0.4, -0.2) is 8.07 Å². The van der Waals surface area contributed by atoms with Crippen LogP contribution in [0.4, 0.5) is 5.69 Å². The Labute approximate surface area is 106 Å². The summed E-state index contributed by atoms with van der Waals surface area (Å²) in [6.45, 7) is 13.3. The molecule has 0 atom stereocenters. The van der Waals surface area contributed by atoms with Crippen LogP contribution in [0.5, 0.6) is 0 Å². The first kappa shape index (κ1) is 13.9. The maximum atomic E-state index is 5.98. The minimum absolute atomic E-state index is 0.142. The fraction of sp³-hybridized carbons (Fsp3) is 0.467. The van der Waals surface area contributed by atoms with E-state index in [9.17, 15) is 0 Å². The van der Waals surface area contributed by atoms with Crippen LogP contribution in [-0.2, 0) is 5.41 Å². The SMILES string of the molecule is CC(C)(C)c1ccc(N)c(C#C[Si](C)(C)C)c1. The first-order chi connectivity index (χ1) is 7.59. The molecule has 0 aromatic heterocycles. The van der Waals surface area contributed by atoms with Crippen LogP contribution >= 0.6 is 0 Å². The first-order valence-corrected chi connectivity index (χ1v) is 9.53. The van der Waals surface area contributed by atoms with Crippen LogP contribution < -0.4 is 5.73 Å². The van der Waals surface area contributed by atoms with Gasteiger partial charge in [0, 0.05) is 11.3 Å². The lowest BCUT2D eigenvalue weighted by molar-refractivity contribution is 0.590. The molecule has 2 heteroatoms. The Bertz CT molecular complexity index is 464. The van der Waals surface area contributed by atoms with Gasteiger partial charge in [0.1, 0.15) is 8.07 Å². The van der Waals surface area contributed by atoms with E-state index in [-0.39, 0.29) is 5.41 Å². The summed E-state index contributed by atoms with van der Waals surface area (Å²) in [5.41, 5.74) is 12.5. The minimum Gasteiger partial charge on any atom is -0.398 e. The summed E-state index contributed by atoms with van der Waals surface area (Å²) < 4.78 is 0. The molecular formula is C15H23NSi. The molecule has 0 radical (unpaired) electrons. The largest absolute Gasteiger partial charge is 0.398 e. The van der Waals surface area contributed by atoms with Crippen LogP contribution in [0.3, 0.4) is 0 Å². The summed E-state index contributed by atoms with van der Waals surface area (Å²) in [6, 6.07) is 6.19. The average molecular weight is 245 g/mol. The van der Waals surface area contributed by atoms with Crippen LogP contribution in [0.15, 0.2) is 18.2 Å². The number of nitrogen functional groups attached to an aromatic ring is 1. The Hall–Kier alpha value is -1.20. The van der Waals surface area contributed by atoms with Gasteiger partial charge in [-0.25, -0.2) is 0 Å². The summed E-state index contributed by atoms with van der Waals surface area (Å²) in [4.78, 5) is 0. The van der Waals surface area contributed by atoms with Crippen molar-refractivity contribution in [3.05, 3.63) is 29.3 Å². The number of hydrogen-bond donors (Lipinski definition) is 1. The second kappa shape index (κ2) is 4.58. The van der Waals surface area contributed by atoms with Crippen molar-refractivity contribution in [2.45, 2.75) is 45.8 Å². The highest BCUT2D eigenvalue weighted by molar-refractivity contribution is 6.83. The van der Waals surface area contributed by atoms with Crippen molar-refractivity contribution in [1.29, 1.82) is 0 Å². The molecule has 0 aliphatic carbocycles. The third-order valence-electron chi connectivity index (χ3n) is 2.49. The van der Waals surface area contributed by atoms with Crippen LogP contribution in [0.2, 0.25) is 19.6 Å². The molecule has 0 unspecified atom stereocenters. The molecule has 0 amide bonds. The monoisotopic (exact) mass is 245 g/mol. The lowest BCUT2D eigenvalue weighted by Gasteiger charge is -2.19. The molecule has 1 nitrogen and oxygen atoms in total. The highest BCUT2D eigenvalue weighted by Gasteiger charge is 2.14. The Balaban J connectivity index is 3.20. The van der Waals surface area contributed by atoms with Crippen molar-refractivity contribution in [2.24, 2.45) is 0 Å². The second-order valence-corrected chi connectivity index (χ2v) is 11.3. The van der Waals surface area contributed by atoms with Crippen molar-refractivity contribution in [1.82, 2.24) is 0 Å². The molecule has 0 heterocycles. The van der Waals surface area contributed by atoms with E-state index in [2.05, 4.69) is 64.0 Å². The van der Waals surface area contributed by atoms with E-state index in [1.807, 2.05) is 6.07 Å². The Morgan fingerprint density at radius 1 is 1.12 bits per heavy atom. The van der Waals surface area contributed by atoms with Gasteiger partial charge < -0.3 is 5.73 Å². The van der Waals surface area contributed by atoms with E-state index >= 15 is 0 Å². The smallest absolute Gasteiger partial charge is 0.129 e. The maximum Gasteiger partial charge on any atom is 0.129 e. The first-order valence-electron chi connectivity index (χ1n) is 6.03. The topological polar surface area (TPSA) is 26.0 Å². The molecule has 2 N–H and O–H groups in total. The molecule has 0 aliphatic heterocycles. The standard InChI is InChI=1S/C15H23NSi/c1-15(2,3)13-7-8-14(16)12(11-13)9-10-17(4,5)6/h7-8,11H,16H2,1-6H3. The maximum absolute atomic E-state index is 5.98. The van der Waals surface area contributed by atoms with Crippen LogP contribution in [0, 0.1) is 11.5 Å². The summed E-state index contributed by atoms with van der Waals surface area (Å²) in [7, 11) is -1.34. The number of benzene rings is 1. The predicted molar refractivity (Wildman–Crippen MR) is 79.8 cm³/mol. The van der Waals surface area contributed by atoms with Gasteiger partial charge in [-0.05, 0) is 23.1 Å². The van der Waals surface area contributed by atoms with Crippen molar-refractivity contribution < 1.29 is 0 Å². The van der Waals surface area contributed by atoms with Gasteiger partial charge in [0.25, 0.3) is 0 Å². The fourth-order valence-electron chi connectivity index (χ4n) is 1.39. The van der Waals surface area contributed by atoms with Gasteiger partial charge in [0.05, 0.1) is 0 Å². The molecule has 0 aliphatic rings. The molecule has 0 saturated carbocycles. The Morgan fingerprint density at radius 3 is 2.18 bits per heavy atom. The van der Waals surface area contributed by atoms with E-state index in [4.69, 9.17) is 5.73 Å². The molecule has 0 spiro atoms. The highest BCUT2D eigenvalue weighted by atomic mass is 28.3. The zero-order valence-corrected chi connectivity index (χ0v) is 12.8. The van der Waals surface area contributed by atoms with Gasteiger partial charge >= 0.3 is 0 Å².